The average molecular weight is 367 g/mol. The maximum atomic E-state index is 11.8. The number of benzene rings is 3. The smallest absolute Gasteiger partial charge is 0.336 e. The Morgan fingerprint density at radius 3 is 2.42 bits per heavy atom. The van der Waals surface area contributed by atoms with Crippen LogP contribution in [0.1, 0.15) is 5.56 Å². The summed E-state index contributed by atoms with van der Waals surface area (Å²) < 4.78 is 10.2. The van der Waals surface area contributed by atoms with Gasteiger partial charge in [-0.15, -0.1) is 0 Å². The fourth-order valence-corrected chi connectivity index (χ4v) is 2.53. The molecular formula is C21H15ClO4. The second kappa shape index (κ2) is 8.32. The molecular weight excluding hydrogens is 352 g/mol. The highest BCUT2D eigenvalue weighted by atomic mass is 35.5. The van der Waals surface area contributed by atoms with E-state index in [9.17, 15) is 9.59 Å². The van der Waals surface area contributed by atoms with Crippen LogP contribution in [-0.4, -0.2) is 11.9 Å². The molecule has 0 fully saturated rings. The largest absolute Gasteiger partial charge is 0.458 e. The predicted octanol–water partition coefficient (Wildman–Crippen LogP) is 4.70. The standard InChI is InChI=1S/C21H15ClO4/c22-18-6-3-7-19(13-18)26-21(24)11-10-20(23)25-14-15-8-9-16-4-1-2-5-17(16)12-15/h1-13H,14H2/b11-10+. The Balaban J connectivity index is 1.52. The Morgan fingerprint density at radius 1 is 0.846 bits per heavy atom. The maximum absolute atomic E-state index is 11.8. The summed E-state index contributed by atoms with van der Waals surface area (Å²) in [7, 11) is 0. The third kappa shape index (κ3) is 4.94. The number of carbonyl (C=O) groups excluding carboxylic acids is 2. The summed E-state index contributed by atoms with van der Waals surface area (Å²) in [4.78, 5) is 23.4. The van der Waals surface area contributed by atoms with E-state index in [1.807, 2.05) is 42.5 Å². The lowest BCUT2D eigenvalue weighted by atomic mass is 10.1. The molecule has 0 heterocycles. The molecule has 0 spiro atoms. The van der Waals surface area contributed by atoms with E-state index in [-0.39, 0.29) is 6.61 Å². The molecule has 0 amide bonds. The minimum Gasteiger partial charge on any atom is -0.458 e. The summed E-state index contributed by atoms with van der Waals surface area (Å²) in [5.74, 6) is -1.01. The minimum atomic E-state index is -0.685. The van der Waals surface area contributed by atoms with Gasteiger partial charge in [-0.3, -0.25) is 0 Å². The highest BCUT2D eigenvalue weighted by Crippen LogP contribution is 2.18. The van der Waals surface area contributed by atoms with Crippen LogP contribution in [0, 0.1) is 0 Å². The van der Waals surface area contributed by atoms with E-state index in [0.717, 1.165) is 28.5 Å². The Kier molecular flexibility index (Phi) is 5.66. The maximum Gasteiger partial charge on any atom is 0.336 e. The zero-order chi connectivity index (χ0) is 18.4. The zero-order valence-electron chi connectivity index (χ0n) is 13.7. The molecule has 0 aliphatic heterocycles. The molecule has 0 saturated carbocycles. The summed E-state index contributed by atoms with van der Waals surface area (Å²) in [6.45, 7) is 0.122. The van der Waals surface area contributed by atoms with Crippen LogP contribution in [0.2, 0.25) is 5.02 Å². The van der Waals surface area contributed by atoms with Crippen molar-refractivity contribution in [3.63, 3.8) is 0 Å². The van der Waals surface area contributed by atoms with Gasteiger partial charge in [0.15, 0.2) is 0 Å². The van der Waals surface area contributed by atoms with E-state index in [1.165, 1.54) is 6.07 Å². The van der Waals surface area contributed by atoms with Gasteiger partial charge in [0, 0.05) is 17.2 Å². The number of ether oxygens (including phenoxy) is 2. The van der Waals surface area contributed by atoms with Gasteiger partial charge in [0.2, 0.25) is 0 Å². The van der Waals surface area contributed by atoms with Crippen LogP contribution in [0.3, 0.4) is 0 Å². The van der Waals surface area contributed by atoms with Gasteiger partial charge >= 0.3 is 11.9 Å². The first-order valence-corrected chi connectivity index (χ1v) is 8.28. The van der Waals surface area contributed by atoms with E-state index >= 15 is 0 Å². The van der Waals surface area contributed by atoms with Gasteiger partial charge in [-0.25, -0.2) is 9.59 Å². The highest BCUT2D eigenvalue weighted by Gasteiger charge is 2.04. The van der Waals surface area contributed by atoms with E-state index < -0.39 is 11.9 Å². The Labute approximate surface area is 155 Å². The number of carbonyl (C=O) groups is 2. The van der Waals surface area contributed by atoms with Gasteiger partial charge in [-0.2, -0.15) is 0 Å². The lowest BCUT2D eigenvalue weighted by Crippen LogP contribution is -2.06. The Bertz CT molecular complexity index is 978. The summed E-state index contributed by atoms with van der Waals surface area (Å²) in [6, 6.07) is 20.2. The topological polar surface area (TPSA) is 52.6 Å². The van der Waals surface area contributed by atoms with Crippen molar-refractivity contribution < 1.29 is 19.1 Å². The molecule has 4 nitrogen and oxygen atoms in total. The van der Waals surface area contributed by atoms with Crippen LogP contribution in [0.4, 0.5) is 0 Å². The first-order chi connectivity index (χ1) is 12.6. The number of esters is 2. The van der Waals surface area contributed by atoms with Crippen LogP contribution in [0.5, 0.6) is 5.75 Å². The molecule has 5 heteroatoms. The molecule has 3 aromatic rings. The highest BCUT2D eigenvalue weighted by molar-refractivity contribution is 6.30. The zero-order valence-corrected chi connectivity index (χ0v) is 14.5. The fraction of sp³-hybridized carbons (Fsp3) is 0.0476. The number of hydrogen-bond donors (Lipinski definition) is 0. The van der Waals surface area contributed by atoms with Crippen molar-refractivity contribution in [3.8, 4) is 5.75 Å². The van der Waals surface area contributed by atoms with Crippen molar-refractivity contribution in [2.24, 2.45) is 0 Å². The molecule has 0 atom stereocenters. The molecule has 0 aliphatic rings. The summed E-state index contributed by atoms with van der Waals surface area (Å²) >= 11 is 5.81. The fourth-order valence-electron chi connectivity index (χ4n) is 2.35. The van der Waals surface area contributed by atoms with Gasteiger partial charge in [-0.1, -0.05) is 54.1 Å². The van der Waals surface area contributed by atoms with Gasteiger partial charge in [0.05, 0.1) is 0 Å². The van der Waals surface area contributed by atoms with E-state index in [1.54, 1.807) is 18.2 Å². The monoisotopic (exact) mass is 366 g/mol. The second-order valence-corrected chi connectivity index (χ2v) is 5.94. The number of rotatable bonds is 5. The number of halogens is 1. The molecule has 0 radical (unpaired) electrons. The third-order valence-electron chi connectivity index (χ3n) is 3.56. The van der Waals surface area contributed by atoms with Crippen LogP contribution in [0.15, 0.2) is 78.9 Å². The van der Waals surface area contributed by atoms with Gasteiger partial charge in [-0.05, 0) is 40.6 Å². The number of fused-ring (bicyclic) bond motifs is 1. The summed E-state index contributed by atoms with van der Waals surface area (Å²) in [6.07, 6.45) is 2.05. The van der Waals surface area contributed by atoms with Crippen molar-refractivity contribution in [2.45, 2.75) is 6.61 Å². The molecule has 0 saturated heterocycles. The van der Waals surface area contributed by atoms with E-state index in [4.69, 9.17) is 21.1 Å². The molecule has 0 aromatic heterocycles. The SMILES string of the molecule is O=C(/C=C/C(=O)Oc1cccc(Cl)c1)OCc1ccc2ccccc2c1. The van der Waals surface area contributed by atoms with Crippen LogP contribution in [-0.2, 0) is 20.9 Å². The van der Waals surface area contributed by atoms with Crippen molar-refractivity contribution in [2.75, 3.05) is 0 Å². The van der Waals surface area contributed by atoms with Crippen LogP contribution < -0.4 is 4.74 Å². The molecule has 0 N–H and O–H groups in total. The molecule has 3 aromatic carbocycles. The predicted molar refractivity (Wildman–Crippen MR) is 100.0 cm³/mol. The third-order valence-corrected chi connectivity index (χ3v) is 3.80. The minimum absolute atomic E-state index is 0.122. The van der Waals surface area contributed by atoms with Crippen LogP contribution in [0.25, 0.3) is 10.8 Å². The second-order valence-electron chi connectivity index (χ2n) is 5.50. The van der Waals surface area contributed by atoms with Crippen molar-refractivity contribution >= 4 is 34.3 Å². The molecule has 0 aliphatic carbocycles. The Hall–Kier alpha value is -3.11. The quantitative estimate of drug-likeness (QED) is 0.373. The molecule has 130 valence electrons. The van der Waals surface area contributed by atoms with Crippen molar-refractivity contribution in [3.05, 3.63) is 89.5 Å². The first-order valence-electron chi connectivity index (χ1n) is 7.90. The summed E-state index contributed by atoms with van der Waals surface area (Å²) in [5.41, 5.74) is 0.868. The molecule has 0 unspecified atom stereocenters. The van der Waals surface area contributed by atoms with Crippen LogP contribution >= 0.6 is 11.6 Å². The van der Waals surface area contributed by atoms with E-state index in [0.29, 0.717) is 10.8 Å². The normalized spacial score (nSPS) is 10.8. The molecule has 0 bridgehead atoms. The van der Waals surface area contributed by atoms with Crippen molar-refractivity contribution in [1.29, 1.82) is 0 Å². The number of hydrogen-bond acceptors (Lipinski definition) is 4. The van der Waals surface area contributed by atoms with E-state index in [2.05, 4.69) is 0 Å². The Morgan fingerprint density at radius 2 is 1.62 bits per heavy atom. The lowest BCUT2D eigenvalue weighted by molar-refractivity contribution is -0.139. The summed E-state index contributed by atoms with van der Waals surface area (Å²) in [5, 5.41) is 2.64. The van der Waals surface area contributed by atoms with Crippen molar-refractivity contribution in [1.82, 2.24) is 0 Å². The average Bonchev–Trinajstić information content (AvgIpc) is 2.64. The molecule has 3 rings (SSSR count). The van der Waals surface area contributed by atoms with Gasteiger partial charge in [0.1, 0.15) is 12.4 Å². The molecule has 26 heavy (non-hydrogen) atoms. The first kappa shape index (κ1) is 17.7. The lowest BCUT2D eigenvalue weighted by Gasteiger charge is -2.04. The van der Waals surface area contributed by atoms with Gasteiger partial charge in [0.25, 0.3) is 0 Å². The van der Waals surface area contributed by atoms with Gasteiger partial charge < -0.3 is 9.47 Å².